The number of nitrogens with zero attached hydrogens (tertiary/aromatic N) is 1. The Morgan fingerprint density at radius 1 is 1.40 bits per heavy atom. The lowest BCUT2D eigenvalue weighted by Crippen LogP contribution is -2.32. The molecule has 6 nitrogen and oxygen atoms in total. The van der Waals surface area contributed by atoms with E-state index in [0.717, 1.165) is 11.1 Å². The van der Waals surface area contributed by atoms with Crippen LogP contribution in [-0.2, 0) is 19.6 Å². The van der Waals surface area contributed by atoms with Crippen LogP contribution in [0.15, 0.2) is 23.1 Å². The second kappa shape index (κ2) is 6.50. The lowest BCUT2D eigenvalue weighted by atomic mass is 10.1. The van der Waals surface area contributed by atoms with E-state index in [-0.39, 0.29) is 4.90 Å². The Morgan fingerprint density at radius 2 is 2.05 bits per heavy atom. The summed E-state index contributed by atoms with van der Waals surface area (Å²) in [7, 11) is -3.77. The molecule has 108 valence electrons. The molecular formula is C13H16N2O4S. The topological polar surface area (TPSA) is 96.3 Å². The molecule has 0 amide bonds. The highest BCUT2D eigenvalue weighted by Gasteiger charge is 2.17. The average Bonchev–Trinajstić information content (AvgIpc) is 2.39. The van der Waals surface area contributed by atoms with Crippen molar-refractivity contribution in [3.8, 4) is 6.07 Å². The maximum absolute atomic E-state index is 12.0. The Bertz CT molecular complexity index is 647. The standard InChI is InChI=1S/C13H16N2O4S/c1-9-4-5-12(6-10(9)2)20(17,18)15-8-13(16)19-11(3)7-14/h4-6,11,15H,8H2,1-3H3/t11-/m1/s1. The molecule has 1 aromatic rings. The first-order chi connectivity index (χ1) is 9.26. The van der Waals surface area contributed by atoms with Gasteiger partial charge in [-0.3, -0.25) is 4.79 Å². The Balaban J connectivity index is 2.73. The highest BCUT2D eigenvalue weighted by Crippen LogP contribution is 2.14. The summed E-state index contributed by atoms with van der Waals surface area (Å²) in [5.74, 6) is -0.800. The molecule has 7 heteroatoms. The summed E-state index contributed by atoms with van der Waals surface area (Å²) < 4.78 is 30.7. The third-order valence-corrected chi connectivity index (χ3v) is 4.08. The molecule has 20 heavy (non-hydrogen) atoms. The number of esters is 1. The third kappa shape index (κ3) is 4.33. The van der Waals surface area contributed by atoms with Crippen molar-refractivity contribution in [3.63, 3.8) is 0 Å². The summed E-state index contributed by atoms with van der Waals surface area (Å²) in [5, 5.41) is 8.48. The van der Waals surface area contributed by atoms with Gasteiger partial charge in [0, 0.05) is 0 Å². The predicted octanol–water partition coefficient (Wildman–Crippen LogP) is 1.04. The Kier molecular flexibility index (Phi) is 5.25. The largest absolute Gasteiger partial charge is 0.446 e. The van der Waals surface area contributed by atoms with Crippen LogP contribution in [0.5, 0.6) is 0 Å². The summed E-state index contributed by atoms with van der Waals surface area (Å²) in [6, 6.07) is 6.41. The van der Waals surface area contributed by atoms with Gasteiger partial charge in [0.25, 0.3) is 0 Å². The number of nitrogens with one attached hydrogen (secondary N) is 1. The van der Waals surface area contributed by atoms with E-state index in [1.807, 2.05) is 6.92 Å². The number of nitriles is 1. The summed E-state index contributed by atoms with van der Waals surface area (Å²) in [6.45, 7) is 4.56. The Morgan fingerprint density at radius 3 is 2.60 bits per heavy atom. The number of hydrogen-bond donors (Lipinski definition) is 1. The van der Waals surface area contributed by atoms with E-state index < -0.39 is 28.6 Å². The van der Waals surface area contributed by atoms with Gasteiger partial charge in [0.1, 0.15) is 12.6 Å². The number of aryl methyl sites for hydroxylation is 2. The normalized spacial score (nSPS) is 12.5. The van der Waals surface area contributed by atoms with Crippen molar-refractivity contribution >= 4 is 16.0 Å². The molecular weight excluding hydrogens is 280 g/mol. The molecule has 1 rings (SSSR count). The summed E-state index contributed by atoms with van der Waals surface area (Å²) in [5.41, 5.74) is 1.82. The predicted molar refractivity (Wildman–Crippen MR) is 72.3 cm³/mol. The molecule has 0 aliphatic rings. The lowest BCUT2D eigenvalue weighted by Gasteiger charge is -2.09. The van der Waals surface area contributed by atoms with Crippen LogP contribution in [0, 0.1) is 25.2 Å². The number of benzene rings is 1. The first kappa shape index (κ1) is 16.1. The van der Waals surface area contributed by atoms with Gasteiger partial charge in [-0.05, 0) is 44.0 Å². The summed E-state index contributed by atoms with van der Waals surface area (Å²) >= 11 is 0. The van der Waals surface area contributed by atoms with Crippen LogP contribution in [-0.4, -0.2) is 27.0 Å². The van der Waals surface area contributed by atoms with Crippen molar-refractivity contribution in [2.45, 2.75) is 31.8 Å². The maximum atomic E-state index is 12.0. The quantitative estimate of drug-likeness (QED) is 0.819. The van der Waals surface area contributed by atoms with Crippen LogP contribution in [0.25, 0.3) is 0 Å². The zero-order valence-electron chi connectivity index (χ0n) is 11.5. The molecule has 0 heterocycles. The number of carbonyl (C=O) groups is 1. The van der Waals surface area contributed by atoms with Crippen molar-refractivity contribution in [2.75, 3.05) is 6.54 Å². The summed E-state index contributed by atoms with van der Waals surface area (Å²) in [6.07, 6.45) is -0.909. The second-order valence-electron chi connectivity index (χ2n) is 4.33. The van der Waals surface area contributed by atoms with Gasteiger partial charge in [-0.15, -0.1) is 0 Å². The van der Waals surface area contributed by atoms with E-state index in [2.05, 4.69) is 9.46 Å². The molecule has 1 atom stereocenters. The fourth-order valence-corrected chi connectivity index (χ4v) is 2.44. The van der Waals surface area contributed by atoms with Gasteiger partial charge < -0.3 is 4.74 Å². The number of sulfonamides is 1. The molecule has 0 aliphatic heterocycles. The Labute approximate surface area is 118 Å². The lowest BCUT2D eigenvalue weighted by molar-refractivity contribution is -0.144. The van der Waals surface area contributed by atoms with E-state index >= 15 is 0 Å². The number of rotatable bonds is 5. The van der Waals surface area contributed by atoms with Gasteiger partial charge in [0.05, 0.1) is 4.90 Å². The highest BCUT2D eigenvalue weighted by atomic mass is 32.2. The third-order valence-electron chi connectivity index (χ3n) is 2.69. The Hall–Kier alpha value is -1.91. The van der Waals surface area contributed by atoms with E-state index in [0.29, 0.717) is 0 Å². The smallest absolute Gasteiger partial charge is 0.322 e. The van der Waals surface area contributed by atoms with Crippen LogP contribution < -0.4 is 4.72 Å². The molecule has 0 fully saturated rings. The molecule has 0 spiro atoms. The number of ether oxygens (including phenoxy) is 1. The van der Waals surface area contributed by atoms with Gasteiger partial charge in [-0.1, -0.05) is 6.07 Å². The van der Waals surface area contributed by atoms with Gasteiger partial charge in [0.15, 0.2) is 6.10 Å². The fraction of sp³-hybridized carbons (Fsp3) is 0.385. The number of hydrogen-bond acceptors (Lipinski definition) is 5. The minimum Gasteiger partial charge on any atom is -0.446 e. The van der Waals surface area contributed by atoms with E-state index in [9.17, 15) is 13.2 Å². The van der Waals surface area contributed by atoms with Gasteiger partial charge in [0.2, 0.25) is 10.0 Å². The van der Waals surface area contributed by atoms with Gasteiger partial charge in [-0.25, -0.2) is 8.42 Å². The zero-order chi connectivity index (χ0) is 15.3. The molecule has 0 saturated carbocycles. The minimum atomic E-state index is -3.77. The van der Waals surface area contributed by atoms with Crippen molar-refractivity contribution in [3.05, 3.63) is 29.3 Å². The molecule has 0 aromatic heterocycles. The SMILES string of the molecule is Cc1ccc(S(=O)(=O)NCC(=O)O[C@H](C)C#N)cc1C. The molecule has 0 bridgehead atoms. The number of carbonyl (C=O) groups excluding carboxylic acids is 1. The van der Waals surface area contributed by atoms with Crippen molar-refractivity contribution < 1.29 is 17.9 Å². The second-order valence-corrected chi connectivity index (χ2v) is 6.10. The molecule has 1 N–H and O–H groups in total. The molecule has 1 aromatic carbocycles. The zero-order valence-corrected chi connectivity index (χ0v) is 12.3. The van der Waals surface area contributed by atoms with Crippen LogP contribution in [0.3, 0.4) is 0 Å². The van der Waals surface area contributed by atoms with E-state index in [1.165, 1.54) is 19.1 Å². The van der Waals surface area contributed by atoms with Crippen molar-refractivity contribution in [1.82, 2.24) is 4.72 Å². The molecule has 0 radical (unpaired) electrons. The van der Waals surface area contributed by atoms with Crippen molar-refractivity contribution in [2.24, 2.45) is 0 Å². The molecule has 0 unspecified atom stereocenters. The van der Waals surface area contributed by atoms with Crippen LogP contribution in [0.2, 0.25) is 0 Å². The van der Waals surface area contributed by atoms with Gasteiger partial charge in [-0.2, -0.15) is 9.98 Å². The minimum absolute atomic E-state index is 0.0849. The average molecular weight is 296 g/mol. The van der Waals surface area contributed by atoms with E-state index in [4.69, 9.17) is 5.26 Å². The molecule has 0 saturated heterocycles. The fourth-order valence-electron chi connectivity index (χ4n) is 1.38. The monoisotopic (exact) mass is 296 g/mol. The summed E-state index contributed by atoms with van der Waals surface area (Å²) in [4.78, 5) is 11.4. The first-order valence-corrected chi connectivity index (χ1v) is 7.40. The first-order valence-electron chi connectivity index (χ1n) is 5.92. The maximum Gasteiger partial charge on any atom is 0.322 e. The highest BCUT2D eigenvalue weighted by molar-refractivity contribution is 7.89. The molecule has 0 aliphatic carbocycles. The van der Waals surface area contributed by atoms with E-state index in [1.54, 1.807) is 19.1 Å². The van der Waals surface area contributed by atoms with Crippen LogP contribution >= 0.6 is 0 Å². The van der Waals surface area contributed by atoms with Crippen molar-refractivity contribution in [1.29, 1.82) is 5.26 Å². The van der Waals surface area contributed by atoms with Crippen LogP contribution in [0.4, 0.5) is 0 Å². The van der Waals surface area contributed by atoms with Crippen LogP contribution in [0.1, 0.15) is 18.1 Å². The van der Waals surface area contributed by atoms with Gasteiger partial charge >= 0.3 is 5.97 Å².